The predicted octanol–water partition coefficient (Wildman–Crippen LogP) is 4.03. The Balaban J connectivity index is 1.81. The van der Waals surface area contributed by atoms with Gasteiger partial charge < -0.3 is 9.13 Å². The minimum atomic E-state index is 0.170. The Morgan fingerprint density at radius 2 is 1.85 bits per heavy atom. The van der Waals surface area contributed by atoms with Gasteiger partial charge in [0.2, 0.25) is 0 Å². The van der Waals surface area contributed by atoms with E-state index in [1.807, 2.05) is 43.1 Å². The Kier molecular flexibility index (Phi) is 4.78. The molecule has 1 atom stereocenters. The van der Waals surface area contributed by atoms with Crippen molar-refractivity contribution < 1.29 is 0 Å². The standard InChI is InChI=1S/C21H22N6/c1-3-26-12-11-24-21(26)20-19(17-7-5-4-6-8-17)25-15-27(20)16(2)13-18-14-22-9-10-23-18/h4-12,14-16H,3,13H2,1-2H3/t16-/m0/s1. The average molecular weight is 358 g/mol. The number of rotatable bonds is 6. The van der Waals surface area contributed by atoms with Crippen molar-refractivity contribution in [3.63, 3.8) is 0 Å². The van der Waals surface area contributed by atoms with Crippen LogP contribution in [0.25, 0.3) is 22.8 Å². The van der Waals surface area contributed by atoms with E-state index in [4.69, 9.17) is 4.98 Å². The molecular formula is C21H22N6. The molecule has 6 heteroatoms. The molecule has 6 nitrogen and oxygen atoms in total. The molecule has 0 saturated heterocycles. The molecule has 136 valence electrons. The van der Waals surface area contributed by atoms with Crippen LogP contribution >= 0.6 is 0 Å². The summed E-state index contributed by atoms with van der Waals surface area (Å²) in [6.07, 6.45) is 11.8. The van der Waals surface area contributed by atoms with E-state index in [9.17, 15) is 0 Å². The van der Waals surface area contributed by atoms with Crippen LogP contribution in [0, 0.1) is 0 Å². The van der Waals surface area contributed by atoms with Gasteiger partial charge in [0.1, 0.15) is 5.69 Å². The van der Waals surface area contributed by atoms with Crippen LogP contribution in [0.2, 0.25) is 0 Å². The molecule has 0 fully saturated rings. The van der Waals surface area contributed by atoms with Crippen LogP contribution in [0.15, 0.2) is 67.6 Å². The Labute approximate surface area is 158 Å². The van der Waals surface area contributed by atoms with Crippen molar-refractivity contribution in [2.75, 3.05) is 0 Å². The molecule has 1 aromatic carbocycles. The van der Waals surface area contributed by atoms with E-state index < -0.39 is 0 Å². The lowest BCUT2D eigenvalue weighted by Gasteiger charge is -2.17. The molecule has 0 radical (unpaired) electrons. The van der Waals surface area contributed by atoms with Crippen LogP contribution in [-0.4, -0.2) is 29.1 Å². The molecule has 3 heterocycles. The van der Waals surface area contributed by atoms with Gasteiger partial charge in [-0.05, 0) is 13.8 Å². The van der Waals surface area contributed by atoms with Gasteiger partial charge in [-0.1, -0.05) is 30.3 Å². The van der Waals surface area contributed by atoms with E-state index in [-0.39, 0.29) is 6.04 Å². The normalized spacial score (nSPS) is 12.2. The fourth-order valence-corrected chi connectivity index (χ4v) is 3.34. The average Bonchev–Trinajstić information content (AvgIpc) is 3.35. The van der Waals surface area contributed by atoms with E-state index in [1.54, 1.807) is 12.4 Å². The number of aromatic nitrogens is 6. The maximum atomic E-state index is 4.75. The number of aryl methyl sites for hydroxylation is 1. The van der Waals surface area contributed by atoms with Crippen LogP contribution in [0.3, 0.4) is 0 Å². The summed E-state index contributed by atoms with van der Waals surface area (Å²) >= 11 is 0. The molecule has 0 N–H and O–H groups in total. The monoisotopic (exact) mass is 358 g/mol. The molecule has 27 heavy (non-hydrogen) atoms. The molecule has 3 aromatic heterocycles. The summed E-state index contributed by atoms with van der Waals surface area (Å²) in [4.78, 5) is 18.0. The molecule has 0 amide bonds. The lowest BCUT2D eigenvalue weighted by Crippen LogP contribution is -2.12. The number of hydrogen-bond donors (Lipinski definition) is 0. The van der Waals surface area contributed by atoms with E-state index in [1.165, 1.54) is 0 Å². The van der Waals surface area contributed by atoms with Crippen LogP contribution in [-0.2, 0) is 13.0 Å². The molecule has 4 aromatic rings. The summed E-state index contributed by atoms with van der Waals surface area (Å²) in [6.45, 7) is 5.15. The summed E-state index contributed by atoms with van der Waals surface area (Å²) in [6, 6.07) is 10.4. The second-order valence-electron chi connectivity index (χ2n) is 6.50. The first-order valence-electron chi connectivity index (χ1n) is 9.16. The highest BCUT2D eigenvalue weighted by atomic mass is 15.1. The van der Waals surface area contributed by atoms with Gasteiger partial charge in [0, 0.05) is 55.6 Å². The van der Waals surface area contributed by atoms with Crippen molar-refractivity contribution in [2.45, 2.75) is 32.9 Å². The number of nitrogens with zero attached hydrogens (tertiary/aromatic N) is 6. The first kappa shape index (κ1) is 17.1. The summed E-state index contributed by atoms with van der Waals surface area (Å²) in [5, 5.41) is 0. The van der Waals surface area contributed by atoms with E-state index in [0.717, 1.165) is 41.4 Å². The second-order valence-corrected chi connectivity index (χ2v) is 6.50. The SMILES string of the molecule is CCn1ccnc1-c1c(-c2ccccc2)ncn1[C@@H](C)Cc1cnccn1. The smallest absolute Gasteiger partial charge is 0.158 e. The van der Waals surface area contributed by atoms with Gasteiger partial charge in [0.15, 0.2) is 5.82 Å². The van der Waals surface area contributed by atoms with Crippen molar-refractivity contribution >= 4 is 0 Å². The van der Waals surface area contributed by atoms with Crippen molar-refractivity contribution in [1.29, 1.82) is 0 Å². The minimum Gasteiger partial charge on any atom is -0.330 e. The van der Waals surface area contributed by atoms with Gasteiger partial charge in [-0.15, -0.1) is 0 Å². The van der Waals surface area contributed by atoms with Crippen molar-refractivity contribution in [3.05, 3.63) is 73.3 Å². The largest absolute Gasteiger partial charge is 0.330 e. The van der Waals surface area contributed by atoms with E-state index in [0.29, 0.717) is 0 Å². The molecule has 0 spiro atoms. The zero-order valence-corrected chi connectivity index (χ0v) is 15.5. The van der Waals surface area contributed by atoms with Crippen LogP contribution in [0.1, 0.15) is 25.6 Å². The zero-order valence-electron chi connectivity index (χ0n) is 15.5. The molecule has 0 aliphatic heterocycles. The lowest BCUT2D eigenvalue weighted by atomic mass is 10.1. The third-order valence-corrected chi connectivity index (χ3v) is 4.71. The zero-order chi connectivity index (χ0) is 18.6. The fourth-order valence-electron chi connectivity index (χ4n) is 3.34. The van der Waals surface area contributed by atoms with Gasteiger partial charge in [-0.25, -0.2) is 9.97 Å². The minimum absolute atomic E-state index is 0.170. The van der Waals surface area contributed by atoms with Gasteiger partial charge in [-0.3, -0.25) is 9.97 Å². The molecule has 0 unspecified atom stereocenters. The third kappa shape index (κ3) is 3.38. The lowest BCUT2D eigenvalue weighted by molar-refractivity contribution is 0.538. The molecule has 0 bridgehead atoms. The molecule has 0 aliphatic carbocycles. The van der Waals surface area contributed by atoms with Crippen molar-refractivity contribution in [3.8, 4) is 22.8 Å². The second kappa shape index (κ2) is 7.53. The maximum Gasteiger partial charge on any atom is 0.158 e. The maximum absolute atomic E-state index is 4.75. The van der Waals surface area contributed by atoms with E-state index >= 15 is 0 Å². The van der Waals surface area contributed by atoms with Crippen LogP contribution in [0.4, 0.5) is 0 Å². The first-order valence-corrected chi connectivity index (χ1v) is 9.16. The third-order valence-electron chi connectivity index (χ3n) is 4.71. The molecule has 4 rings (SSSR count). The summed E-state index contributed by atoms with van der Waals surface area (Å²) in [7, 11) is 0. The fraction of sp³-hybridized carbons (Fsp3) is 0.238. The Bertz CT molecular complexity index is 1000. The first-order chi connectivity index (χ1) is 13.3. The van der Waals surface area contributed by atoms with Crippen molar-refractivity contribution in [1.82, 2.24) is 29.1 Å². The van der Waals surface area contributed by atoms with Crippen molar-refractivity contribution in [2.24, 2.45) is 0 Å². The highest BCUT2D eigenvalue weighted by Crippen LogP contribution is 2.33. The Hall–Kier alpha value is -3.28. The van der Waals surface area contributed by atoms with Gasteiger partial charge in [0.05, 0.1) is 17.7 Å². The van der Waals surface area contributed by atoms with Crippen LogP contribution < -0.4 is 0 Å². The predicted molar refractivity (Wildman–Crippen MR) is 105 cm³/mol. The highest BCUT2D eigenvalue weighted by molar-refractivity contribution is 5.75. The highest BCUT2D eigenvalue weighted by Gasteiger charge is 2.22. The molecule has 0 aliphatic rings. The summed E-state index contributed by atoms with van der Waals surface area (Å²) < 4.78 is 4.35. The molecule has 0 saturated carbocycles. The van der Waals surface area contributed by atoms with Gasteiger partial charge >= 0.3 is 0 Å². The number of hydrogen-bond acceptors (Lipinski definition) is 4. The Morgan fingerprint density at radius 3 is 2.59 bits per heavy atom. The van der Waals surface area contributed by atoms with Crippen LogP contribution in [0.5, 0.6) is 0 Å². The topological polar surface area (TPSA) is 61.4 Å². The Morgan fingerprint density at radius 1 is 1.00 bits per heavy atom. The van der Waals surface area contributed by atoms with Gasteiger partial charge in [0.25, 0.3) is 0 Å². The number of benzene rings is 1. The quantitative estimate of drug-likeness (QED) is 0.522. The summed E-state index contributed by atoms with van der Waals surface area (Å²) in [5.74, 6) is 0.930. The van der Waals surface area contributed by atoms with E-state index in [2.05, 4.69) is 50.1 Å². The number of imidazole rings is 2. The molecular weight excluding hydrogens is 336 g/mol. The van der Waals surface area contributed by atoms with Gasteiger partial charge in [-0.2, -0.15) is 0 Å². The summed E-state index contributed by atoms with van der Waals surface area (Å²) in [5.41, 5.74) is 4.03.